The van der Waals surface area contributed by atoms with Crippen LogP contribution in [0.1, 0.15) is 39.8 Å². The highest BCUT2D eigenvalue weighted by atomic mass is 19.1. The Morgan fingerprint density at radius 3 is 2.79 bits per heavy atom. The van der Waals surface area contributed by atoms with Gasteiger partial charge >= 0.3 is 0 Å². The van der Waals surface area contributed by atoms with Crippen molar-refractivity contribution in [2.45, 2.75) is 20.8 Å². The van der Waals surface area contributed by atoms with Gasteiger partial charge in [-0.3, -0.25) is 9.59 Å². The predicted octanol–water partition coefficient (Wildman–Crippen LogP) is 2.94. The lowest BCUT2D eigenvalue weighted by Crippen LogP contribution is -2.33. The molecule has 148 valence electrons. The third-order valence-corrected chi connectivity index (χ3v) is 5.08. The summed E-state index contributed by atoms with van der Waals surface area (Å²) in [5, 5.41) is 5.67. The molecule has 0 spiro atoms. The van der Waals surface area contributed by atoms with Crippen LogP contribution in [0.5, 0.6) is 0 Å². The second kappa shape index (κ2) is 7.98. The summed E-state index contributed by atoms with van der Waals surface area (Å²) < 4.78 is 13.6. The molecule has 3 rings (SSSR count). The number of amides is 2. The van der Waals surface area contributed by atoms with Gasteiger partial charge in [-0.25, -0.2) is 4.39 Å². The molecule has 2 amide bonds. The van der Waals surface area contributed by atoms with Crippen molar-refractivity contribution in [3.05, 3.63) is 52.1 Å². The first kappa shape index (κ1) is 19.8. The molecule has 2 aromatic rings. The van der Waals surface area contributed by atoms with E-state index in [2.05, 4.69) is 27.4 Å². The van der Waals surface area contributed by atoms with E-state index in [0.29, 0.717) is 34.6 Å². The van der Waals surface area contributed by atoms with Gasteiger partial charge in [0, 0.05) is 35.7 Å². The zero-order valence-electron chi connectivity index (χ0n) is 16.6. The summed E-state index contributed by atoms with van der Waals surface area (Å²) >= 11 is 0. The molecule has 28 heavy (non-hydrogen) atoms. The van der Waals surface area contributed by atoms with E-state index in [1.54, 1.807) is 12.1 Å². The third-order valence-electron chi connectivity index (χ3n) is 5.08. The minimum Gasteiger partial charge on any atom is -0.358 e. The molecule has 3 N–H and O–H groups in total. The van der Waals surface area contributed by atoms with Crippen molar-refractivity contribution < 1.29 is 14.0 Å². The van der Waals surface area contributed by atoms with E-state index in [1.807, 2.05) is 20.9 Å². The number of aromatic amines is 1. The topological polar surface area (TPSA) is 77.2 Å². The first-order chi connectivity index (χ1) is 13.3. The van der Waals surface area contributed by atoms with Crippen molar-refractivity contribution in [2.24, 2.45) is 0 Å². The highest BCUT2D eigenvalue weighted by Crippen LogP contribution is 2.34. The van der Waals surface area contributed by atoms with Gasteiger partial charge in [-0.2, -0.15) is 0 Å². The summed E-state index contributed by atoms with van der Waals surface area (Å²) in [7, 11) is 2.00. The van der Waals surface area contributed by atoms with Gasteiger partial charge in [0.1, 0.15) is 5.82 Å². The van der Waals surface area contributed by atoms with Crippen molar-refractivity contribution in [1.82, 2.24) is 15.2 Å². The summed E-state index contributed by atoms with van der Waals surface area (Å²) in [6.45, 7) is 7.96. The van der Waals surface area contributed by atoms with Gasteiger partial charge in [0.25, 0.3) is 11.8 Å². The quantitative estimate of drug-likeness (QED) is 0.670. The number of carbonyl (C=O) groups excluding carboxylic acids is 2. The van der Waals surface area contributed by atoms with Crippen LogP contribution in [-0.4, -0.2) is 48.4 Å². The van der Waals surface area contributed by atoms with Crippen molar-refractivity contribution in [3.8, 4) is 0 Å². The number of fused-ring (bicyclic) bond motifs is 1. The molecule has 2 heterocycles. The molecule has 1 aromatic heterocycles. The SMILES string of the molecule is CCN(C)CCNC(=O)c1c(C)[nH]c(C=C2C(=O)Nc3ccc(F)cc32)c1C. The lowest BCUT2D eigenvalue weighted by atomic mass is 10.0. The number of likely N-dealkylation sites (N-methyl/N-ethyl adjacent to an activating group) is 1. The Balaban J connectivity index is 1.87. The van der Waals surface area contributed by atoms with E-state index >= 15 is 0 Å². The van der Waals surface area contributed by atoms with Crippen LogP contribution in [-0.2, 0) is 4.79 Å². The van der Waals surface area contributed by atoms with Crippen molar-refractivity contribution >= 4 is 29.2 Å². The highest BCUT2D eigenvalue weighted by molar-refractivity contribution is 6.34. The van der Waals surface area contributed by atoms with E-state index in [0.717, 1.165) is 24.3 Å². The summed E-state index contributed by atoms with van der Waals surface area (Å²) in [6, 6.07) is 4.19. The van der Waals surface area contributed by atoms with E-state index in [1.165, 1.54) is 12.1 Å². The Labute approximate surface area is 163 Å². The van der Waals surface area contributed by atoms with E-state index in [9.17, 15) is 14.0 Å². The molecular weight excluding hydrogens is 359 g/mol. The van der Waals surface area contributed by atoms with Crippen LogP contribution in [0, 0.1) is 19.7 Å². The summed E-state index contributed by atoms with van der Waals surface area (Å²) in [4.78, 5) is 30.2. The Morgan fingerprint density at radius 2 is 2.07 bits per heavy atom. The number of hydrogen-bond donors (Lipinski definition) is 3. The third kappa shape index (κ3) is 3.84. The summed E-state index contributed by atoms with van der Waals surface area (Å²) in [6.07, 6.45) is 1.67. The number of anilines is 1. The van der Waals surface area contributed by atoms with Crippen LogP contribution >= 0.6 is 0 Å². The zero-order chi connectivity index (χ0) is 20.4. The van der Waals surface area contributed by atoms with E-state index in [4.69, 9.17) is 0 Å². The van der Waals surface area contributed by atoms with Crippen molar-refractivity contribution in [1.29, 1.82) is 0 Å². The molecule has 0 saturated carbocycles. The second-order valence-electron chi connectivity index (χ2n) is 7.02. The number of H-pyrrole nitrogens is 1. The normalized spacial score (nSPS) is 14.5. The molecule has 1 aliphatic heterocycles. The number of benzene rings is 1. The molecule has 1 aliphatic rings. The molecule has 0 saturated heterocycles. The molecule has 7 heteroatoms. The summed E-state index contributed by atoms with van der Waals surface area (Å²) in [5.74, 6) is -0.846. The lowest BCUT2D eigenvalue weighted by Gasteiger charge is -2.14. The number of aryl methyl sites for hydroxylation is 1. The first-order valence-electron chi connectivity index (χ1n) is 9.30. The van der Waals surface area contributed by atoms with Gasteiger partial charge in [-0.15, -0.1) is 0 Å². The number of halogens is 1. The fourth-order valence-corrected chi connectivity index (χ4v) is 3.31. The Hall–Kier alpha value is -2.93. The number of rotatable bonds is 6. The molecule has 0 fully saturated rings. The molecule has 0 aliphatic carbocycles. The number of carbonyl (C=O) groups is 2. The average molecular weight is 384 g/mol. The zero-order valence-corrected chi connectivity index (χ0v) is 16.6. The van der Waals surface area contributed by atoms with Crippen LogP contribution < -0.4 is 10.6 Å². The number of nitrogens with zero attached hydrogens (tertiary/aromatic N) is 1. The number of hydrogen-bond acceptors (Lipinski definition) is 3. The second-order valence-corrected chi connectivity index (χ2v) is 7.02. The molecule has 0 unspecified atom stereocenters. The molecule has 0 radical (unpaired) electrons. The maximum absolute atomic E-state index is 13.6. The van der Waals surface area contributed by atoms with Crippen LogP contribution in [0.2, 0.25) is 0 Å². The Kier molecular flexibility index (Phi) is 5.65. The average Bonchev–Trinajstić information content (AvgIpc) is 3.11. The van der Waals surface area contributed by atoms with Gasteiger partial charge in [0.05, 0.1) is 11.1 Å². The highest BCUT2D eigenvalue weighted by Gasteiger charge is 2.26. The number of aromatic nitrogens is 1. The standard InChI is InChI=1S/C21H25FN4O2/c1-5-26(4)9-8-23-21(28)19-12(2)18(24-13(19)3)11-16-15-10-14(22)6-7-17(15)25-20(16)27/h6-7,10-11,24H,5,8-9H2,1-4H3,(H,23,28)(H,25,27). The smallest absolute Gasteiger partial charge is 0.256 e. The van der Waals surface area contributed by atoms with Gasteiger partial charge < -0.3 is 20.5 Å². The Morgan fingerprint density at radius 1 is 1.32 bits per heavy atom. The monoisotopic (exact) mass is 384 g/mol. The van der Waals surface area contributed by atoms with E-state index < -0.39 is 5.82 Å². The minimum absolute atomic E-state index is 0.150. The first-order valence-corrected chi connectivity index (χ1v) is 9.30. The molecule has 0 atom stereocenters. The maximum atomic E-state index is 13.6. The largest absolute Gasteiger partial charge is 0.358 e. The fourth-order valence-electron chi connectivity index (χ4n) is 3.31. The van der Waals surface area contributed by atoms with Gasteiger partial charge in [0.2, 0.25) is 0 Å². The van der Waals surface area contributed by atoms with Crippen LogP contribution in [0.4, 0.5) is 10.1 Å². The minimum atomic E-state index is -0.405. The fraction of sp³-hybridized carbons (Fsp3) is 0.333. The maximum Gasteiger partial charge on any atom is 0.256 e. The van der Waals surface area contributed by atoms with Crippen LogP contribution in [0.25, 0.3) is 11.6 Å². The Bertz CT molecular complexity index is 962. The molecule has 1 aromatic carbocycles. The molecule has 0 bridgehead atoms. The van der Waals surface area contributed by atoms with Crippen molar-refractivity contribution in [3.63, 3.8) is 0 Å². The van der Waals surface area contributed by atoms with Crippen molar-refractivity contribution in [2.75, 3.05) is 32.0 Å². The van der Waals surface area contributed by atoms with Gasteiger partial charge in [-0.05, 0) is 57.3 Å². The summed E-state index contributed by atoms with van der Waals surface area (Å²) in [5.41, 5.74) is 4.18. The lowest BCUT2D eigenvalue weighted by molar-refractivity contribution is -0.110. The van der Waals surface area contributed by atoms with Crippen LogP contribution in [0.15, 0.2) is 18.2 Å². The van der Waals surface area contributed by atoms with Gasteiger partial charge in [0.15, 0.2) is 0 Å². The van der Waals surface area contributed by atoms with E-state index in [-0.39, 0.29) is 11.8 Å². The predicted molar refractivity (Wildman–Crippen MR) is 109 cm³/mol. The van der Waals surface area contributed by atoms with Crippen LogP contribution in [0.3, 0.4) is 0 Å². The number of nitrogens with one attached hydrogen (secondary N) is 3. The van der Waals surface area contributed by atoms with Gasteiger partial charge in [-0.1, -0.05) is 6.92 Å². The molecular formula is C21H25FN4O2. The molecule has 6 nitrogen and oxygen atoms in total.